The highest BCUT2D eigenvalue weighted by Crippen LogP contribution is 2.15. The van der Waals surface area contributed by atoms with Gasteiger partial charge in [-0.05, 0) is 30.5 Å². The average molecular weight is 401 g/mol. The summed E-state index contributed by atoms with van der Waals surface area (Å²) in [5.41, 5.74) is 7.21. The van der Waals surface area contributed by atoms with Gasteiger partial charge >= 0.3 is 0 Å². The van der Waals surface area contributed by atoms with E-state index in [1.807, 2.05) is 12.1 Å². The lowest BCUT2D eigenvalue weighted by molar-refractivity contribution is 0.0948. The van der Waals surface area contributed by atoms with Gasteiger partial charge in [-0.25, -0.2) is 4.98 Å². The van der Waals surface area contributed by atoms with Crippen LogP contribution >= 0.6 is 36.2 Å². The Morgan fingerprint density at radius 2 is 2.04 bits per heavy atom. The summed E-state index contributed by atoms with van der Waals surface area (Å²) < 4.78 is 2.21. The van der Waals surface area contributed by atoms with E-state index in [0.717, 1.165) is 24.4 Å². The molecule has 3 N–H and O–H groups in total. The summed E-state index contributed by atoms with van der Waals surface area (Å²) in [7, 11) is 0. The van der Waals surface area contributed by atoms with Crippen molar-refractivity contribution in [3.63, 3.8) is 0 Å². The smallest absolute Gasteiger partial charge is 0.270 e. The quantitative estimate of drug-likeness (QED) is 0.597. The summed E-state index contributed by atoms with van der Waals surface area (Å²) in [4.78, 5) is 16.3. The molecule has 1 aromatic carbocycles. The Kier molecular flexibility index (Phi) is 8.92. The number of para-hydroxylation sites is 1. The fraction of sp³-hybridized carbons (Fsp3) is 0.294. The molecule has 0 atom stereocenters. The molecule has 8 heteroatoms. The molecule has 3 aromatic rings. The van der Waals surface area contributed by atoms with Crippen molar-refractivity contribution in [2.45, 2.75) is 19.4 Å². The normalized spacial score (nSPS) is 10.1. The van der Waals surface area contributed by atoms with Crippen molar-refractivity contribution in [1.82, 2.24) is 14.9 Å². The molecule has 0 saturated carbocycles. The van der Waals surface area contributed by atoms with Crippen LogP contribution in [0.5, 0.6) is 0 Å². The van der Waals surface area contributed by atoms with Gasteiger partial charge in [0.2, 0.25) is 0 Å². The van der Waals surface area contributed by atoms with Gasteiger partial charge in [-0.1, -0.05) is 18.2 Å². The molecule has 2 heterocycles. The molecule has 25 heavy (non-hydrogen) atoms. The van der Waals surface area contributed by atoms with Crippen LogP contribution in [0.2, 0.25) is 0 Å². The first-order valence-electron chi connectivity index (χ1n) is 7.74. The molecule has 0 radical (unpaired) electrons. The summed E-state index contributed by atoms with van der Waals surface area (Å²) >= 11 is 1.49. The SMILES string of the molecule is Cl.Cl.NCCc1nc(C(=O)NCCCn2ccc3ccccc32)cs1. The van der Waals surface area contributed by atoms with Gasteiger partial charge in [0.1, 0.15) is 5.69 Å². The topological polar surface area (TPSA) is 72.9 Å². The molecular formula is C17H22Cl2N4OS. The van der Waals surface area contributed by atoms with Crippen LogP contribution < -0.4 is 11.1 Å². The van der Waals surface area contributed by atoms with E-state index in [2.05, 4.69) is 39.3 Å². The highest BCUT2D eigenvalue weighted by molar-refractivity contribution is 7.09. The number of hydrogen-bond donors (Lipinski definition) is 2. The highest BCUT2D eigenvalue weighted by Gasteiger charge is 2.09. The van der Waals surface area contributed by atoms with Crippen LogP contribution in [-0.2, 0) is 13.0 Å². The van der Waals surface area contributed by atoms with Crippen molar-refractivity contribution >= 4 is 53.0 Å². The molecule has 3 rings (SSSR count). The Labute approximate surface area is 163 Å². The number of aryl methyl sites for hydroxylation is 1. The predicted octanol–water partition coefficient (Wildman–Crippen LogP) is 3.26. The molecule has 0 aliphatic heterocycles. The molecule has 0 spiro atoms. The number of nitrogens with one attached hydrogen (secondary N) is 1. The fourth-order valence-corrected chi connectivity index (χ4v) is 3.33. The first-order valence-corrected chi connectivity index (χ1v) is 8.62. The average Bonchev–Trinajstić information content (AvgIpc) is 3.19. The summed E-state index contributed by atoms with van der Waals surface area (Å²) in [5.74, 6) is -0.109. The Morgan fingerprint density at radius 1 is 1.24 bits per heavy atom. The second-order valence-electron chi connectivity index (χ2n) is 5.34. The molecule has 2 aromatic heterocycles. The molecule has 0 fully saturated rings. The van der Waals surface area contributed by atoms with Gasteiger partial charge in [0.25, 0.3) is 5.91 Å². The van der Waals surface area contributed by atoms with Gasteiger partial charge in [0.05, 0.1) is 5.01 Å². The summed E-state index contributed by atoms with van der Waals surface area (Å²) in [5, 5.41) is 6.87. The molecule has 0 aliphatic rings. The largest absolute Gasteiger partial charge is 0.351 e. The van der Waals surface area contributed by atoms with Crippen LogP contribution in [0.1, 0.15) is 21.9 Å². The number of halogens is 2. The van der Waals surface area contributed by atoms with E-state index in [1.165, 1.54) is 22.2 Å². The number of hydrogen-bond acceptors (Lipinski definition) is 4. The minimum Gasteiger partial charge on any atom is -0.351 e. The van der Waals surface area contributed by atoms with Crippen LogP contribution in [0.25, 0.3) is 10.9 Å². The second kappa shape index (κ2) is 10.4. The molecule has 5 nitrogen and oxygen atoms in total. The second-order valence-corrected chi connectivity index (χ2v) is 6.29. The lowest BCUT2D eigenvalue weighted by Crippen LogP contribution is -2.25. The maximum Gasteiger partial charge on any atom is 0.270 e. The van der Waals surface area contributed by atoms with Crippen molar-refractivity contribution in [2.75, 3.05) is 13.1 Å². The van der Waals surface area contributed by atoms with E-state index in [4.69, 9.17) is 5.73 Å². The first kappa shape index (κ1) is 21.4. The zero-order valence-corrected chi connectivity index (χ0v) is 16.1. The molecule has 0 saturated heterocycles. The first-order chi connectivity index (χ1) is 11.3. The van der Waals surface area contributed by atoms with E-state index in [0.29, 0.717) is 18.8 Å². The van der Waals surface area contributed by atoms with Crippen molar-refractivity contribution < 1.29 is 4.79 Å². The van der Waals surface area contributed by atoms with Crippen LogP contribution in [0.4, 0.5) is 0 Å². The summed E-state index contributed by atoms with van der Waals surface area (Å²) in [6, 6.07) is 10.4. The minimum atomic E-state index is -0.109. The number of carbonyl (C=O) groups is 1. The van der Waals surface area contributed by atoms with E-state index >= 15 is 0 Å². The number of rotatable bonds is 7. The lowest BCUT2D eigenvalue weighted by atomic mass is 10.2. The number of nitrogens with zero attached hydrogens (tertiary/aromatic N) is 2. The van der Waals surface area contributed by atoms with Crippen molar-refractivity contribution in [2.24, 2.45) is 5.73 Å². The monoisotopic (exact) mass is 400 g/mol. The predicted molar refractivity (Wildman–Crippen MR) is 108 cm³/mol. The number of thiazole rings is 1. The van der Waals surface area contributed by atoms with Crippen LogP contribution in [-0.4, -0.2) is 28.5 Å². The van der Waals surface area contributed by atoms with Crippen molar-refractivity contribution in [3.05, 3.63) is 52.6 Å². The van der Waals surface area contributed by atoms with Crippen molar-refractivity contribution in [3.8, 4) is 0 Å². The Balaban J connectivity index is 0.00000156. The maximum atomic E-state index is 12.0. The highest BCUT2D eigenvalue weighted by atomic mass is 35.5. The van der Waals surface area contributed by atoms with E-state index < -0.39 is 0 Å². The zero-order chi connectivity index (χ0) is 16.1. The molecule has 0 bridgehead atoms. The van der Waals surface area contributed by atoms with Gasteiger partial charge in [-0.2, -0.15) is 0 Å². The number of aromatic nitrogens is 2. The van der Waals surface area contributed by atoms with Gasteiger partial charge in [0, 0.05) is 36.6 Å². The Morgan fingerprint density at radius 3 is 2.84 bits per heavy atom. The number of nitrogens with two attached hydrogens (primary N) is 1. The number of benzene rings is 1. The third-order valence-electron chi connectivity index (χ3n) is 3.68. The lowest BCUT2D eigenvalue weighted by Gasteiger charge is -2.06. The van der Waals surface area contributed by atoms with E-state index in [-0.39, 0.29) is 30.7 Å². The molecule has 0 aliphatic carbocycles. The van der Waals surface area contributed by atoms with Gasteiger partial charge < -0.3 is 15.6 Å². The maximum absolute atomic E-state index is 12.0. The minimum absolute atomic E-state index is 0. The Bertz CT molecular complexity index is 803. The van der Waals surface area contributed by atoms with Gasteiger partial charge in [-0.15, -0.1) is 36.2 Å². The number of fused-ring (bicyclic) bond motifs is 1. The number of amides is 1. The van der Waals surface area contributed by atoms with E-state index in [1.54, 1.807) is 5.38 Å². The van der Waals surface area contributed by atoms with Crippen LogP contribution in [0, 0.1) is 0 Å². The van der Waals surface area contributed by atoms with Crippen LogP contribution in [0.15, 0.2) is 41.9 Å². The fourth-order valence-electron chi connectivity index (χ4n) is 2.53. The standard InChI is InChI=1S/C17H20N4OS.2ClH/c18-8-6-16-20-14(12-23-16)17(22)19-9-3-10-21-11-7-13-4-1-2-5-15(13)21;;/h1-2,4-5,7,11-12H,3,6,8-10,18H2,(H,19,22);2*1H. The molecule has 1 amide bonds. The molecule has 136 valence electrons. The molecular weight excluding hydrogens is 379 g/mol. The third-order valence-corrected chi connectivity index (χ3v) is 4.59. The van der Waals surface area contributed by atoms with E-state index in [9.17, 15) is 4.79 Å². The number of carbonyl (C=O) groups excluding carboxylic acids is 1. The van der Waals surface area contributed by atoms with Gasteiger partial charge in [0.15, 0.2) is 0 Å². The van der Waals surface area contributed by atoms with Crippen molar-refractivity contribution in [1.29, 1.82) is 0 Å². The Hall–Kier alpha value is -1.60. The summed E-state index contributed by atoms with van der Waals surface area (Å²) in [6.45, 7) is 2.07. The van der Waals surface area contributed by atoms with Crippen LogP contribution in [0.3, 0.4) is 0 Å². The summed E-state index contributed by atoms with van der Waals surface area (Å²) in [6.07, 6.45) is 3.69. The molecule has 0 unspecified atom stereocenters. The third kappa shape index (κ3) is 5.44. The van der Waals surface area contributed by atoms with Gasteiger partial charge in [-0.3, -0.25) is 4.79 Å². The zero-order valence-electron chi connectivity index (χ0n) is 13.7.